The summed E-state index contributed by atoms with van der Waals surface area (Å²) >= 11 is 0. The van der Waals surface area contributed by atoms with Gasteiger partial charge < -0.3 is 20.4 Å². The molecule has 0 saturated heterocycles. The van der Waals surface area contributed by atoms with Gasteiger partial charge in [0.25, 0.3) is 0 Å². The molecule has 0 bridgehead atoms. The van der Waals surface area contributed by atoms with Crippen molar-refractivity contribution in [2.24, 2.45) is 11.8 Å². The summed E-state index contributed by atoms with van der Waals surface area (Å²) in [5.41, 5.74) is 4.90. The van der Waals surface area contributed by atoms with Gasteiger partial charge in [-0.3, -0.25) is 9.78 Å². The topological polar surface area (TPSA) is 98.6 Å². The van der Waals surface area contributed by atoms with Crippen LogP contribution in [0.3, 0.4) is 0 Å². The zero-order valence-electron chi connectivity index (χ0n) is 17.9. The first-order valence-electron chi connectivity index (χ1n) is 11.0. The fourth-order valence-corrected chi connectivity index (χ4v) is 4.17. The third-order valence-electron chi connectivity index (χ3n) is 6.49. The molecule has 3 aliphatic rings. The molecule has 3 heterocycles. The van der Waals surface area contributed by atoms with E-state index in [1.54, 1.807) is 23.4 Å². The van der Waals surface area contributed by atoms with Gasteiger partial charge in [0.2, 0.25) is 5.91 Å². The van der Waals surface area contributed by atoms with E-state index in [1.165, 1.54) is 12.8 Å². The van der Waals surface area contributed by atoms with Gasteiger partial charge in [0.05, 0.1) is 17.5 Å². The lowest BCUT2D eigenvalue weighted by molar-refractivity contribution is -0.117. The highest BCUT2D eigenvalue weighted by atomic mass is 16.3. The van der Waals surface area contributed by atoms with E-state index in [2.05, 4.69) is 15.3 Å². The Hall–Kier alpha value is -2.77. The standard InChI is InChI=1S/C24H28N4O3/c1-13-7-19(21(29)8-14-3-4-14)25-12-18(13)17-9-16-11-26-22(27-23(30)15-5-6-15)10-20(16)28(2)24(17)31/h7,9-12,14-15,21,24,29,31H,3-6,8H2,1-2H3,(H,26,27,30)/t21-,24?/m1/s1. The molecule has 162 valence electrons. The molecule has 2 saturated carbocycles. The first kappa shape index (κ1) is 20.2. The molecule has 1 aliphatic heterocycles. The lowest BCUT2D eigenvalue weighted by Gasteiger charge is -2.33. The average molecular weight is 421 g/mol. The molecule has 0 spiro atoms. The van der Waals surface area contributed by atoms with Crippen LogP contribution in [0.5, 0.6) is 0 Å². The smallest absolute Gasteiger partial charge is 0.228 e. The fourth-order valence-electron chi connectivity index (χ4n) is 4.17. The van der Waals surface area contributed by atoms with Crippen LogP contribution < -0.4 is 10.2 Å². The number of anilines is 2. The van der Waals surface area contributed by atoms with Crippen LogP contribution in [-0.2, 0) is 4.79 Å². The lowest BCUT2D eigenvalue weighted by atomic mass is 9.94. The zero-order chi connectivity index (χ0) is 21.7. The van der Waals surface area contributed by atoms with E-state index in [9.17, 15) is 15.0 Å². The van der Waals surface area contributed by atoms with Crippen LogP contribution in [0, 0.1) is 18.8 Å². The summed E-state index contributed by atoms with van der Waals surface area (Å²) in [6.07, 6.45) is 9.01. The first-order valence-corrected chi connectivity index (χ1v) is 11.0. The minimum atomic E-state index is -0.857. The van der Waals surface area contributed by atoms with Crippen molar-refractivity contribution in [2.75, 3.05) is 17.3 Å². The van der Waals surface area contributed by atoms with E-state index in [0.29, 0.717) is 17.4 Å². The van der Waals surface area contributed by atoms with Crippen molar-refractivity contribution in [1.82, 2.24) is 9.97 Å². The number of pyridine rings is 2. The molecule has 2 fully saturated rings. The van der Waals surface area contributed by atoms with E-state index >= 15 is 0 Å². The number of amides is 1. The molecule has 5 rings (SSSR count). The number of likely N-dealkylation sites (N-methyl/N-ethyl adjacent to an activating group) is 1. The maximum Gasteiger partial charge on any atom is 0.228 e. The largest absolute Gasteiger partial charge is 0.387 e. The van der Waals surface area contributed by atoms with Crippen LogP contribution >= 0.6 is 0 Å². The van der Waals surface area contributed by atoms with Gasteiger partial charge in [0.15, 0.2) is 6.23 Å². The number of carbonyl (C=O) groups is 1. The summed E-state index contributed by atoms with van der Waals surface area (Å²) in [5, 5.41) is 24.3. The lowest BCUT2D eigenvalue weighted by Crippen LogP contribution is -2.35. The number of rotatable bonds is 6. The number of nitrogens with one attached hydrogen (secondary N) is 1. The summed E-state index contributed by atoms with van der Waals surface area (Å²) < 4.78 is 0. The SMILES string of the molecule is Cc1cc([C@H](O)CC2CC2)ncc1C1=Cc2cnc(NC(=O)C3CC3)cc2N(C)C1O. The predicted molar refractivity (Wildman–Crippen MR) is 119 cm³/mol. The summed E-state index contributed by atoms with van der Waals surface area (Å²) in [4.78, 5) is 22.7. The number of nitrogens with zero attached hydrogens (tertiary/aromatic N) is 3. The molecule has 2 aliphatic carbocycles. The highest BCUT2D eigenvalue weighted by Crippen LogP contribution is 2.39. The summed E-state index contributed by atoms with van der Waals surface area (Å²) in [6.45, 7) is 1.97. The number of aromatic nitrogens is 2. The Morgan fingerprint density at radius 2 is 2.00 bits per heavy atom. The van der Waals surface area contributed by atoms with Gasteiger partial charge in [-0.25, -0.2) is 4.98 Å². The maximum absolute atomic E-state index is 12.1. The van der Waals surface area contributed by atoms with Crippen LogP contribution in [0.2, 0.25) is 0 Å². The first-order chi connectivity index (χ1) is 14.9. The van der Waals surface area contributed by atoms with Crippen molar-refractivity contribution in [3.63, 3.8) is 0 Å². The minimum absolute atomic E-state index is 0.00774. The number of aryl methyl sites for hydroxylation is 1. The third kappa shape index (κ3) is 4.07. The number of aliphatic hydroxyl groups excluding tert-OH is 2. The van der Waals surface area contributed by atoms with Crippen molar-refractivity contribution in [3.05, 3.63) is 46.9 Å². The van der Waals surface area contributed by atoms with Crippen LogP contribution in [0.4, 0.5) is 11.5 Å². The van der Waals surface area contributed by atoms with Crippen LogP contribution in [0.15, 0.2) is 24.5 Å². The normalized spacial score (nSPS) is 21.4. The summed E-state index contributed by atoms with van der Waals surface area (Å²) in [5.74, 6) is 1.23. The Morgan fingerprint density at radius 1 is 1.23 bits per heavy atom. The Balaban J connectivity index is 1.42. The van der Waals surface area contributed by atoms with E-state index in [4.69, 9.17) is 0 Å². The Labute approximate surface area is 181 Å². The Morgan fingerprint density at radius 3 is 2.68 bits per heavy atom. The van der Waals surface area contributed by atoms with Gasteiger partial charge in [-0.2, -0.15) is 0 Å². The third-order valence-corrected chi connectivity index (χ3v) is 6.49. The van der Waals surface area contributed by atoms with Crippen LogP contribution in [0.1, 0.15) is 60.6 Å². The van der Waals surface area contributed by atoms with Crippen molar-refractivity contribution >= 4 is 29.1 Å². The molecule has 2 atom stereocenters. The Bertz CT molecular complexity index is 1060. The van der Waals surface area contributed by atoms with Crippen LogP contribution in [-0.4, -0.2) is 39.4 Å². The second kappa shape index (κ2) is 7.73. The van der Waals surface area contributed by atoms with E-state index in [0.717, 1.165) is 47.2 Å². The van der Waals surface area contributed by atoms with E-state index < -0.39 is 12.3 Å². The van der Waals surface area contributed by atoms with Gasteiger partial charge in [-0.05, 0) is 49.8 Å². The number of fused-ring (bicyclic) bond motifs is 1. The Kier molecular flexibility index (Phi) is 5.02. The second-order valence-corrected chi connectivity index (χ2v) is 9.10. The van der Waals surface area contributed by atoms with Crippen molar-refractivity contribution < 1.29 is 15.0 Å². The zero-order valence-corrected chi connectivity index (χ0v) is 17.9. The molecule has 3 N–H and O–H groups in total. The summed E-state index contributed by atoms with van der Waals surface area (Å²) in [6, 6.07) is 3.72. The van der Waals surface area contributed by atoms with Gasteiger partial charge in [0.1, 0.15) is 5.82 Å². The van der Waals surface area contributed by atoms with Gasteiger partial charge in [-0.1, -0.05) is 12.8 Å². The molecule has 0 aromatic carbocycles. The molecule has 2 aromatic rings. The van der Waals surface area contributed by atoms with Gasteiger partial charge >= 0.3 is 0 Å². The maximum atomic E-state index is 12.1. The quantitative estimate of drug-likeness (QED) is 0.663. The van der Waals surface area contributed by atoms with Crippen molar-refractivity contribution in [2.45, 2.75) is 51.4 Å². The molecule has 7 nitrogen and oxygen atoms in total. The molecule has 31 heavy (non-hydrogen) atoms. The van der Waals surface area contributed by atoms with Crippen LogP contribution in [0.25, 0.3) is 11.6 Å². The minimum Gasteiger partial charge on any atom is -0.387 e. The van der Waals surface area contributed by atoms with E-state index in [1.807, 2.05) is 26.1 Å². The second-order valence-electron chi connectivity index (χ2n) is 9.10. The molecule has 0 radical (unpaired) electrons. The number of carbonyl (C=O) groups excluding carboxylic acids is 1. The highest BCUT2D eigenvalue weighted by Gasteiger charge is 2.31. The van der Waals surface area contributed by atoms with Gasteiger partial charge in [-0.15, -0.1) is 0 Å². The number of aliphatic hydroxyl groups is 2. The number of hydrogen-bond acceptors (Lipinski definition) is 6. The molecular weight excluding hydrogens is 392 g/mol. The summed E-state index contributed by atoms with van der Waals surface area (Å²) in [7, 11) is 1.82. The molecule has 1 amide bonds. The van der Waals surface area contributed by atoms with Crippen molar-refractivity contribution in [1.29, 1.82) is 0 Å². The molecule has 2 aromatic heterocycles. The average Bonchev–Trinajstić information content (AvgIpc) is 3.65. The monoisotopic (exact) mass is 420 g/mol. The fraction of sp³-hybridized carbons (Fsp3) is 0.458. The molecule has 7 heteroatoms. The number of hydrogen-bond donors (Lipinski definition) is 3. The van der Waals surface area contributed by atoms with Crippen molar-refractivity contribution in [3.8, 4) is 0 Å². The van der Waals surface area contributed by atoms with Gasteiger partial charge in [0, 0.05) is 48.1 Å². The molecular formula is C24H28N4O3. The molecule has 1 unspecified atom stereocenters. The highest BCUT2D eigenvalue weighted by molar-refractivity contribution is 5.96. The van der Waals surface area contributed by atoms with E-state index in [-0.39, 0.29) is 11.8 Å². The predicted octanol–water partition coefficient (Wildman–Crippen LogP) is 3.28.